The van der Waals surface area contributed by atoms with Gasteiger partial charge in [0.15, 0.2) is 0 Å². The van der Waals surface area contributed by atoms with Gasteiger partial charge in [-0.1, -0.05) is 77.9 Å². The molecule has 3 aromatic carbocycles. The van der Waals surface area contributed by atoms with Crippen molar-refractivity contribution in [3.8, 4) is 22.3 Å². The largest absolute Gasteiger partial charge is 0.453 e. The van der Waals surface area contributed by atoms with Gasteiger partial charge in [0.25, 0.3) is 0 Å². The molecule has 2 fully saturated rings. The minimum absolute atomic E-state index is 0.151. The smallest absolute Gasteiger partial charge is 0.407 e. The van der Waals surface area contributed by atoms with Gasteiger partial charge in [0.2, 0.25) is 11.8 Å². The molecule has 4 amide bonds. The van der Waals surface area contributed by atoms with Crippen molar-refractivity contribution in [3.63, 3.8) is 0 Å². The molecule has 58 heavy (non-hydrogen) atoms. The molecule has 2 aromatic heterocycles. The number of H-pyrrole nitrogens is 2. The maximum absolute atomic E-state index is 13.8. The zero-order chi connectivity index (χ0) is 41.5. The van der Waals surface area contributed by atoms with Crippen molar-refractivity contribution in [1.82, 2.24) is 40.4 Å². The van der Waals surface area contributed by atoms with E-state index in [1.807, 2.05) is 63.5 Å². The van der Waals surface area contributed by atoms with E-state index in [1.165, 1.54) is 14.2 Å². The normalized spacial score (nSPS) is 18.3. The summed E-state index contributed by atoms with van der Waals surface area (Å²) in [6, 6.07) is 18.7. The molecule has 5 aromatic rings. The van der Waals surface area contributed by atoms with Crippen LogP contribution in [-0.2, 0) is 19.1 Å². The number of ether oxygens (including phenoxy) is 2. The van der Waals surface area contributed by atoms with Crippen LogP contribution in [0.4, 0.5) is 9.59 Å². The lowest BCUT2D eigenvalue weighted by atomic mass is 9.85. The third kappa shape index (κ3) is 8.09. The lowest BCUT2D eigenvalue weighted by molar-refractivity contribution is -0.137. The highest BCUT2D eigenvalue weighted by molar-refractivity contribution is 5.89. The molecule has 0 bridgehead atoms. The number of hydrogen-bond donors (Lipinski definition) is 4. The number of rotatable bonds is 8. The molecule has 0 unspecified atom stereocenters. The molecule has 2 saturated heterocycles. The second kappa shape index (κ2) is 15.8. The molecule has 4 N–H and O–H groups in total. The number of carbonyl (C=O) groups is 4. The molecule has 0 spiro atoms. The Morgan fingerprint density at radius 2 is 0.983 bits per heavy atom. The highest BCUT2D eigenvalue weighted by Gasteiger charge is 2.42. The van der Waals surface area contributed by atoms with Crippen molar-refractivity contribution < 1.29 is 28.7 Å². The van der Waals surface area contributed by atoms with Crippen molar-refractivity contribution >= 4 is 46.1 Å². The summed E-state index contributed by atoms with van der Waals surface area (Å²) in [6.45, 7) is 12.7. The minimum Gasteiger partial charge on any atom is -0.453 e. The highest BCUT2D eigenvalue weighted by atomic mass is 16.5. The van der Waals surface area contributed by atoms with E-state index < -0.39 is 35.1 Å². The number of carbonyl (C=O) groups excluding carboxylic acids is 4. The van der Waals surface area contributed by atoms with Crippen molar-refractivity contribution in [2.24, 2.45) is 10.8 Å². The number of likely N-dealkylation sites (tertiary alicyclic amines) is 2. The Bertz CT molecular complexity index is 2170. The topological polar surface area (TPSA) is 175 Å². The molecule has 4 heterocycles. The van der Waals surface area contributed by atoms with Crippen LogP contribution in [0.3, 0.4) is 0 Å². The van der Waals surface area contributed by atoms with E-state index in [2.05, 4.69) is 69.1 Å². The second-order valence-electron chi connectivity index (χ2n) is 17.5. The lowest BCUT2D eigenvalue weighted by Gasteiger charge is -2.34. The quantitative estimate of drug-likeness (QED) is 0.124. The number of benzene rings is 3. The summed E-state index contributed by atoms with van der Waals surface area (Å²) in [5.41, 5.74) is 6.53. The first-order chi connectivity index (χ1) is 27.5. The number of fused-ring (bicyclic) bond motifs is 2. The number of nitrogens with one attached hydrogen (secondary N) is 4. The molecule has 0 aliphatic carbocycles. The number of hydrogen-bond acceptors (Lipinski definition) is 8. The summed E-state index contributed by atoms with van der Waals surface area (Å²) in [6.07, 6.45) is 1.95. The fourth-order valence-electron chi connectivity index (χ4n) is 8.20. The van der Waals surface area contributed by atoms with Crippen molar-refractivity contribution in [2.45, 2.75) is 91.4 Å². The Labute approximate surface area is 338 Å². The van der Waals surface area contributed by atoms with Crippen LogP contribution >= 0.6 is 0 Å². The average Bonchev–Trinajstić information content (AvgIpc) is 4.02. The average molecular weight is 791 g/mol. The summed E-state index contributed by atoms with van der Waals surface area (Å²) in [4.78, 5) is 72.4. The van der Waals surface area contributed by atoms with Crippen molar-refractivity contribution in [1.29, 1.82) is 0 Å². The van der Waals surface area contributed by atoms with Gasteiger partial charge >= 0.3 is 12.2 Å². The van der Waals surface area contributed by atoms with Crippen LogP contribution in [0.15, 0.2) is 60.7 Å². The van der Waals surface area contributed by atoms with E-state index in [1.54, 1.807) is 0 Å². The second-order valence-corrected chi connectivity index (χ2v) is 17.5. The number of aromatic nitrogens is 4. The summed E-state index contributed by atoms with van der Waals surface area (Å²) in [5.74, 6) is 1.16. The number of imidazole rings is 2. The number of methoxy groups -OCH3 is 2. The molecule has 14 nitrogen and oxygen atoms in total. The summed E-state index contributed by atoms with van der Waals surface area (Å²) in [5, 5.41) is 5.49. The van der Waals surface area contributed by atoms with Crippen molar-refractivity contribution in [2.75, 3.05) is 27.3 Å². The molecule has 0 radical (unpaired) electrons. The Morgan fingerprint density at radius 1 is 0.621 bits per heavy atom. The number of aromatic amines is 2. The van der Waals surface area contributed by atoms with Crippen LogP contribution in [0.5, 0.6) is 0 Å². The minimum atomic E-state index is -0.746. The van der Waals surface area contributed by atoms with Crippen LogP contribution in [0, 0.1) is 10.8 Å². The van der Waals surface area contributed by atoms with Crippen LogP contribution in [0.25, 0.3) is 44.3 Å². The SMILES string of the molecule is COC(=O)N[C@H](C(=O)N1CCC[C@@H]1c1nc2ccc(-c3ccc(-c4ccc5nc([C@@H]6CCCN6C(=O)[C@@H](NC(=O)OC)C(C)(C)C)[nH]c5c4)cc3)cc2[nH]1)C(C)(C)C. The molecule has 14 heteroatoms. The molecule has 306 valence electrons. The van der Waals surface area contributed by atoms with E-state index in [9.17, 15) is 19.2 Å². The summed E-state index contributed by atoms with van der Waals surface area (Å²) < 4.78 is 9.63. The molecular formula is C44H54N8O6. The van der Waals surface area contributed by atoms with Gasteiger partial charge in [-0.3, -0.25) is 9.59 Å². The zero-order valence-electron chi connectivity index (χ0n) is 34.6. The van der Waals surface area contributed by atoms with E-state index in [-0.39, 0.29) is 23.9 Å². The van der Waals surface area contributed by atoms with Gasteiger partial charge in [-0.25, -0.2) is 19.6 Å². The van der Waals surface area contributed by atoms with Gasteiger partial charge in [-0.2, -0.15) is 0 Å². The molecule has 2 aliphatic heterocycles. The Morgan fingerprint density at radius 3 is 1.33 bits per heavy atom. The van der Waals surface area contributed by atoms with Gasteiger partial charge in [-0.15, -0.1) is 0 Å². The first-order valence-electron chi connectivity index (χ1n) is 20.0. The van der Waals surface area contributed by atoms with Gasteiger partial charge in [0.05, 0.1) is 48.4 Å². The van der Waals surface area contributed by atoms with E-state index in [4.69, 9.17) is 19.4 Å². The predicted octanol–water partition coefficient (Wildman–Crippen LogP) is 7.64. The van der Waals surface area contributed by atoms with Crippen LogP contribution < -0.4 is 10.6 Å². The molecular weight excluding hydrogens is 737 g/mol. The highest BCUT2D eigenvalue weighted by Crippen LogP contribution is 2.37. The first-order valence-corrected chi connectivity index (χ1v) is 20.0. The van der Waals surface area contributed by atoms with Gasteiger partial charge < -0.3 is 39.9 Å². The molecule has 2 aliphatic rings. The van der Waals surface area contributed by atoms with Crippen LogP contribution in [0.1, 0.15) is 91.0 Å². The standard InChI is InChI=1S/C44H54N8O6/c1-43(2,3)35(49-41(55)57-7)39(53)51-21-9-11-33(51)37-45-29-19-17-27(23-31(29)47-37)25-13-15-26(16-14-25)28-18-20-30-32(24-28)48-38(46-30)34-12-10-22-52(34)40(54)36(44(4,5)6)50-42(56)58-8/h13-20,23-24,33-36H,9-12,21-22H2,1-8H3,(H,45,47)(H,46,48)(H,49,55)(H,50,56)/t33-,34+,35-,36-/m1/s1. The Balaban J connectivity index is 1.07. The fourth-order valence-corrected chi connectivity index (χ4v) is 8.20. The van der Waals surface area contributed by atoms with E-state index in [0.29, 0.717) is 13.1 Å². The monoisotopic (exact) mass is 790 g/mol. The molecule has 4 atom stereocenters. The lowest BCUT2D eigenvalue weighted by Crippen LogP contribution is -2.54. The number of nitrogens with zero attached hydrogens (tertiary/aromatic N) is 4. The van der Waals surface area contributed by atoms with E-state index >= 15 is 0 Å². The zero-order valence-corrected chi connectivity index (χ0v) is 34.6. The number of alkyl carbamates (subject to hydrolysis) is 2. The van der Waals surface area contributed by atoms with Gasteiger partial charge in [-0.05, 0) is 83.0 Å². The van der Waals surface area contributed by atoms with Gasteiger partial charge in [0.1, 0.15) is 23.7 Å². The molecule has 7 rings (SSSR count). The third-order valence-electron chi connectivity index (χ3n) is 11.4. The maximum atomic E-state index is 13.8. The fraction of sp³-hybridized carbons (Fsp3) is 0.455. The maximum Gasteiger partial charge on any atom is 0.407 e. The van der Waals surface area contributed by atoms with Crippen LogP contribution in [0.2, 0.25) is 0 Å². The van der Waals surface area contributed by atoms with Crippen LogP contribution in [-0.4, -0.2) is 93.1 Å². The first kappa shape index (κ1) is 40.3. The third-order valence-corrected chi connectivity index (χ3v) is 11.4. The summed E-state index contributed by atoms with van der Waals surface area (Å²) >= 11 is 0. The number of amides is 4. The Hall–Kier alpha value is -5.92. The van der Waals surface area contributed by atoms with Gasteiger partial charge in [0, 0.05) is 13.1 Å². The predicted molar refractivity (Wildman–Crippen MR) is 222 cm³/mol. The summed E-state index contributed by atoms with van der Waals surface area (Å²) in [7, 11) is 2.59. The van der Waals surface area contributed by atoms with E-state index in [0.717, 1.165) is 81.7 Å². The van der Waals surface area contributed by atoms with Crippen molar-refractivity contribution in [3.05, 3.63) is 72.3 Å². The molecule has 0 saturated carbocycles. The Kier molecular flexibility index (Phi) is 11.0.